The Bertz CT molecular complexity index is 1030. The molecule has 24 heavy (non-hydrogen) atoms. The van der Waals surface area contributed by atoms with Crippen LogP contribution in [0.25, 0.3) is 21.3 Å². The Kier molecular flexibility index (Phi) is 4.25. The summed E-state index contributed by atoms with van der Waals surface area (Å²) >= 11 is 1.39. The molecule has 1 heterocycles. The van der Waals surface area contributed by atoms with E-state index in [1.807, 2.05) is 24.3 Å². The van der Waals surface area contributed by atoms with Crippen LogP contribution >= 0.6 is 11.3 Å². The van der Waals surface area contributed by atoms with Crippen LogP contribution < -0.4 is 10.0 Å². The number of hydrogen-bond acceptors (Lipinski definition) is 5. The molecule has 0 aliphatic carbocycles. The largest absolute Gasteiger partial charge is 0.302 e. The normalized spacial score (nSPS) is 11.4. The first-order valence-electron chi connectivity index (χ1n) is 7.06. The number of sulfonamides is 1. The number of anilines is 2. The predicted molar refractivity (Wildman–Crippen MR) is 97.8 cm³/mol. The summed E-state index contributed by atoms with van der Waals surface area (Å²) < 4.78 is 26.1. The van der Waals surface area contributed by atoms with E-state index in [1.54, 1.807) is 18.2 Å². The molecule has 0 aliphatic rings. The molecule has 124 valence electrons. The van der Waals surface area contributed by atoms with Gasteiger partial charge in [0.15, 0.2) is 5.13 Å². The molecule has 0 fully saturated rings. The molecule has 0 saturated carbocycles. The van der Waals surface area contributed by atoms with Crippen LogP contribution in [0.2, 0.25) is 0 Å². The average molecular weight is 361 g/mol. The number of nitrogens with one attached hydrogen (secondary N) is 2. The van der Waals surface area contributed by atoms with Crippen molar-refractivity contribution in [2.75, 3.05) is 16.3 Å². The van der Waals surface area contributed by atoms with Gasteiger partial charge < -0.3 is 5.32 Å². The Morgan fingerprint density at radius 2 is 1.88 bits per heavy atom. The Balaban J connectivity index is 1.97. The van der Waals surface area contributed by atoms with E-state index < -0.39 is 10.0 Å². The molecule has 1 amide bonds. The number of carbonyl (C=O) groups is 1. The van der Waals surface area contributed by atoms with Gasteiger partial charge in [-0.3, -0.25) is 9.52 Å². The Morgan fingerprint density at radius 3 is 2.58 bits per heavy atom. The molecule has 3 aromatic rings. The second-order valence-corrected chi connectivity index (χ2v) is 8.12. The fraction of sp³-hybridized carbons (Fsp3) is 0.125. The molecule has 2 N–H and O–H groups in total. The van der Waals surface area contributed by atoms with E-state index in [4.69, 9.17) is 0 Å². The van der Waals surface area contributed by atoms with Gasteiger partial charge in [-0.1, -0.05) is 29.5 Å². The highest BCUT2D eigenvalue weighted by Gasteiger charge is 2.08. The number of nitrogens with zero attached hydrogens (tertiary/aromatic N) is 1. The number of amides is 1. The summed E-state index contributed by atoms with van der Waals surface area (Å²) in [6.07, 6.45) is 1.12. The molecule has 0 unspecified atom stereocenters. The van der Waals surface area contributed by atoms with Crippen LogP contribution in [0.5, 0.6) is 0 Å². The van der Waals surface area contributed by atoms with Crippen molar-refractivity contribution in [3.05, 3.63) is 42.5 Å². The summed E-state index contributed by atoms with van der Waals surface area (Å²) in [5.74, 6) is -0.158. The minimum atomic E-state index is -3.32. The smallest absolute Gasteiger partial charge is 0.229 e. The van der Waals surface area contributed by atoms with Crippen LogP contribution in [0.3, 0.4) is 0 Å². The summed E-state index contributed by atoms with van der Waals surface area (Å²) in [4.78, 5) is 15.5. The lowest BCUT2D eigenvalue weighted by atomic mass is 10.1. The number of carbonyl (C=O) groups excluding carboxylic acids is 1. The highest BCUT2D eigenvalue weighted by Crippen LogP contribution is 2.31. The van der Waals surface area contributed by atoms with Gasteiger partial charge in [0, 0.05) is 12.6 Å². The zero-order chi connectivity index (χ0) is 17.3. The van der Waals surface area contributed by atoms with Crippen molar-refractivity contribution in [2.45, 2.75) is 6.92 Å². The highest BCUT2D eigenvalue weighted by molar-refractivity contribution is 7.92. The van der Waals surface area contributed by atoms with E-state index in [-0.39, 0.29) is 5.91 Å². The second kappa shape index (κ2) is 6.21. The molecular weight excluding hydrogens is 346 g/mol. The number of rotatable bonds is 4. The molecule has 1 aromatic heterocycles. The number of thiazole rings is 1. The molecule has 0 saturated heterocycles. The number of aromatic nitrogens is 1. The number of benzene rings is 2. The van der Waals surface area contributed by atoms with Crippen LogP contribution in [-0.2, 0) is 14.8 Å². The summed E-state index contributed by atoms with van der Waals surface area (Å²) in [6.45, 7) is 1.44. The van der Waals surface area contributed by atoms with Crippen molar-refractivity contribution in [1.82, 2.24) is 4.98 Å². The first kappa shape index (κ1) is 16.4. The lowest BCUT2D eigenvalue weighted by Gasteiger charge is -2.07. The minimum Gasteiger partial charge on any atom is -0.302 e. The number of hydrogen-bond donors (Lipinski definition) is 2. The average Bonchev–Trinajstić information content (AvgIpc) is 2.85. The molecule has 0 spiro atoms. The first-order chi connectivity index (χ1) is 11.3. The van der Waals surface area contributed by atoms with Crippen LogP contribution in [0.4, 0.5) is 10.8 Å². The lowest BCUT2D eigenvalue weighted by Crippen LogP contribution is -2.09. The fourth-order valence-electron chi connectivity index (χ4n) is 2.28. The van der Waals surface area contributed by atoms with E-state index in [0.717, 1.165) is 27.6 Å². The molecule has 0 aliphatic heterocycles. The molecule has 3 rings (SSSR count). The Hall–Kier alpha value is -2.45. The maximum Gasteiger partial charge on any atom is 0.229 e. The van der Waals surface area contributed by atoms with Crippen molar-refractivity contribution in [1.29, 1.82) is 0 Å². The van der Waals surface area contributed by atoms with Gasteiger partial charge in [-0.2, -0.15) is 0 Å². The molecular formula is C16H15N3O3S2. The zero-order valence-corrected chi connectivity index (χ0v) is 14.7. The van der Waals surface area contributed by atoms with Gasteiger partial charge in [-0.25, -0.2) is 13.4 Å². The topological polar surface area (TPSA) is 88.2 Å². The summed E-state index contributed by atoms with van der Waals surface area (Å²) in [5, 5.41) is 3.24. The van der Waals surface area contributed by atoms with Gasteiger partial charge in [-0.05, 0) is 35.4 Å². The summed E-state index contributed by atoms with van der Waals surface area (Å²) in [7, 11) is -3.32. The third-order valence-corrected chi connectivity index (χ3v) is 4.71. The molecule has 6 nitrogen and oxygen atoms in total. The minimum absolute atomic E-state index is 0.158. The van der Waals surface area contributed by atoms with E-state index >= 15 is 0 Å². The van der Waals surface area contributed by atoms with E-state index in [9.17, 15) is 13.2 Å². The second-order valence-electron chi connectivity index (χ2n) is 5.34. The van der Waals surface area contributed by atoms with Crippen molar-refractivity contribution >= 4 is 48.3 Å². The molecule has 0 atom stereocenters. The molecule has 0 radical (unpaired) electrons. The van der Waals surface area contributed by atoms with Crippen LogP contribution in [-0.4, -0.2) is 25.6 Å². The molecule has 2 aromatic carbocycles. The molecule has 0 bridgehead atoms. The van der Waals surface area contributed by atoms with Crippen LogP contribution in [0, 0.1) is 0 Å². The fourth-order valence-corrected chi connectivity index (χ4v) is 3.79. The third kappa shape index (κ3) is 3.90. The van der Waals surface area contributed by atoms with Gasteiger partial charge in [-0.15, -0.1) is 0 Å². The van der Waals surface area contributed by atoms with Crippen LogP contribution in [0.15, 0.2) is 42.5 Å². The SMILES string of the molecule is CC(=O)Nc1nc2ccc(-c3cccc(NS(C)(=O)=O)c3)cc2s1. The van der Waals surface area contributed by atoms with Crippen molar-refractivity contribution in [3.8, 4) is 11.1 Å². The van der Waals surface area contributed by atoms with E-state index in [1.165, 1.54) is 18.3 Å². The number of fused-ring (bicyclic) bond motifs is 1. The van der Waals surface area contributed by atoms with Gasteiger partial charge in [0.05, 0.1) is 16.5 Å². The summed E-state index contributed by atoms with van der Waals surface area (Å²) in [5.41, 5.74) is 3.15. The standard InChI is InChI=1S/C16H15N3O3S2/c1-10(20)17-16-18-14-7-6-12(9-15(14)23-16)11-4-3-5-13(8-11)19-24(2,21)22/h3-9,19H,1-2H3,(H,17,18,20). The maximum atomic E-state index is 11.4. The van der Waals surface area contributed by atoms with Gasteiger partial charge >= 0.3 is 0 Å². The summed E-state index contributed by atoms with van der Waals surface area (Å²) in [6, 6.07) is 12.9. The van der Waals surface area contributed by atoms with Gasteiger partial charge in [0.25, 0.3) is 0 Å². The molecule has 8 heteroatoms. The van der Waals surface area contributed by atoms with Gasteiger partial charge in [0.2, 0.25) is 15.9 Å². The lowest BCUT2D eigenvalue weighted by molar-refractivity contribution is -0.114. The van der Waals surface area contributed by atoms with Crippen molar-refractivity contribution < 1.29 is 13.2 Å². The predicted octanol–water partition coefficient (Wildman–Crippen LogP) is 3.29. The zero-order valence-electron chi connectivity index (χ0n) is 13.0. The Morgan fingerprint density at radius 1 is 1.12 bits per heavy atom. The Labute approximate surface area is 143 Å². The maximum absolute atomic E-state index is 11.4. The monoisotopic (exact) mass is 361 g/mol. The van der Waals surface area contributed by atoms with Crippen LogP contribution in [0.1, 0.15) is 6.92 Å². The quantitative estimate of drug-likeness (QED) is 0.746. The van der Waals surface area contributed by atoms with Crippen molar-refractivity contribution in [3.63, 3.8) is 0 Å². The van der Waals surface area contributed by atoms with E-state index in [2.05, 4.69) is 15.0 Å². The first-order valence-corrected chi connectivity index (χ1v) is 9.77. The van der Waals surface area contributed by atoms with E-state index in [0.29, 0.717) is 10.8 Å². The van der Waals surface area contributed by atoms with Gasteiger partial charge in [0.1, 0.15) is 0 Å². The highest BCUT2D eigenvalue weighted by atomic mass is 32.2. The van der Waals surface area contributed by atoms with Crippen molar-refractivity contribution in [2.24, 2.45) is 0 Å². The third-order valence-electron chi connectivity index (χ3n) is 3.17.